The zero-order chi connectivity index (χ0) is 7.56. The van der Waals surface area contributed by atoms with Crippen LogP contribution >= 0.6 is 0 Å². The number of carbonyl (C=O) groups excluding carboxylic acids is 1. The predicted molar refractivity (Wildman–Crippen MR) is 39.6 cm³/mol. The number of hydrogen-bond donors (Lipinski definition) is 2. The Kier molecular flexibility index (Phi) is 2.27. The summed E-state index contributed by atoms with van der Waals surface area (Å²) in [5, 5.41) is 5.88. The molecule has 0 saturated carbocycles. The lowest BCUT2D eigenvalue weighted by atomic mass is 10.0. The van der Waals surface area contributed by atoms with E-state index in [0.29, 0.717) is 6.04 Å². The van der Waals surface area contributed by atoms with Gasteiger partial charge in [0.25, 0.3) is 0 Å². The van der Waals surface area contributed by atoms with Gasteiger partial charge in [-0.3, -0.25) is 4.79 Å². The van der Waals surface area contributed by atoms with Crippen LogP contribution in [0.15, 0.2) is 0 Å². The molecule has 2 atom stereocenters. The molecule has 0 aromatic rings. The third-order valence-corrected chi connectivity index (χ3v) is 2.11. The highest BCUT2D eigenvalue weighted by atomic mass is 16.1. The van der Waals surface area contributed by atoms with E-state index in [1.807, 2.05) is 6.92 Å². The highest BCUT2D eigenvalue weighted by Gasteiger charge is 2.28. The van der Waals surface area contributed by atoms with Crippen LogP contribution in [0.1, 0.15) is 13.3 Å². The molecular weight excluding hydrogens is 128 g/mol. The van der Waals surface area contributed by atoms with Crippen molar-refractivity contribution >= 4 is 5.91 Å². The van der Waals surface area contributed by atoms with Crippen LogP contribution in [0.25, 0.3) is 0 Å². The minimum Gasteiger partial charge on any atom is -0.359 e. The lowest BCUT2D eigenvalue weighted by molar-refractivity contribution is -0.124. The van der Waals surface area contributed by atoms with Gasteiger partial charge in [-0.05, 0) is 19.9 Å². The average molecular weight is 142 g/mol. The van der Waals surface area contributed by atoms with Crippen LogP contribution in [-0.2, 0) is 4.79 Å². The van der Waals surface area contributed by atoms with E-state index in [1.54, 1.807) is 7.05 Å². The van der Waals surface area contributed by atoms with E-state index in [0.717, 1.165) is 13.0 Å². The summed E-state index contributed by atoms with van der Waals surface area (Å²) in [5.74, 6) is 0.350. The Bertz CT molecular complexity index is 136. The molecule has 58 valence electrons. The number of nitrogens with one attached hydrogen (secondary N) is 2. The molecule has 3 heteroatoms. The molecule has 1 aliphatic heterocycles. The third kappa shape index (κ3) is 1.29. The molecule has 10 heavy (non-hydrogen) atoms. The molecule has 1 saturated heterocycles. The Balaban J connectivity index is 2.46. The molecule has 1 fully saturated rings. The van der Waals surface area contributed by atoms with Crippen LogP contribution in [0.3, 0.4) is 0 Å². The lowest BCUT2D eigenvalue weighted by Gasteiger charge is -2.11. The van der Waals surface area contributed by atoms with Gasteiger partial charge in [-0.15, -0.1) is 0 Å². The van der Waals surface area contributed by atoms with Crippen molar-refractivity contribution in [1.82, 2.24) is 10.6 Å². The standard InChI is InChI=1S/C7H14N2O/c1-5-6(3-4-9-5)7(10)8-2/h5-6,9H,3-4H2,1-2H3,(H,8,10). The summed E-state index contributed by atoms with van der Waals surface area (Å²) in [6.45, 7) is 3.02. The van der Waals surface area contributed by atoms with Crippen LogP contribution in [0.4, 0.5) is 0 Å². The SMILES string of the molecule is CNC(=O)C1CCNC1C. The molecular formula is C7H14N2O. The number of amides is 1. The summed E-state index contributed by atoms with van der Waals surface area (Å²) < 4.78 is 0. The molecule has 0 spiro atoms. The molecule has 1 aliphatic rings. The van der Waals surface area contributed by atoms with E-state index in [2.05, 4.69) is 10.6 Å². The van der Waals surface area contributed by atoms with Gasteiger partial charge in [0.1, 0.15) is 0 Å². The largest absolute Gasteiger partial charge is 0.359 e. The van der Waals surface area contributed by atoms with E-state index in [9.17, 15) is 4.79 Å². The fraction of sp³-hybridized carbons (Fsp3) is 0.857. The molecule has 0 bridgehead atoms. The normalized spacial score (nSPS) is 32.2. The van der Waals surface area contributed by atoms with Crippen molar-refractivity contribution in [3.63, 3.8) is 0 Å². The minimum absolute atomic E-state index is 0.164. The number of hydrogen-bond acceptors (Lipinski definition) is 2. The molecule has 0 aliphatic carbocycles. The van der Waals surface area contributed by atoms with Crippen molar-refractivity contribution in [2.75, 3.05) is 13.6 Å². The fourth-order valence-electron chi connectivity index (χ4n) is 1.40. The first-order chi connectivity index (χ1) is 4.75. The zero-order valence-electron chi connectivity index (χ0n) is 6.48. The van der Waals surface area contributed by atoms with Crippen molar-refractivity contribution in [2.45, 2.75) is 19.4 Å². The second-order valence-corrected chi connectivity index (χ2v) is 2.75. The second-order valence-electron chi connectivity index (χ2n) is 2.75. The summed E-state index contributed by atoms with van der Waals surface area (Å²) in [7, 11) is 1.69. The average Bonchev–Trinajstić information content (AvgIpc) is 2.34. The van der Waals surface area contributed by atoms with Crippen LogP contribution in [-0.4, -0.2) is 25.5 Å². The predicted octanol–water partition coefficient (Wildman–Crippen LogP) is -0.270. The van der Waals surface area contributed by atoms with Gasteiger partial charge in [0, 0.05) is 13.1 Å². The molecule has 0 aromatic heterocycles. The van der Waals surface area contributed by atoms with Gasteiger partial charge >= 0.3 is 0 Å². The molecule has 1 heterocycles. The van der Waals surface area contributed by atoms with Gasteiger partial charge in [0.2, 0.25) is 5.91 Å². The topological polar surface area (TPSA) is 41.1 Å². The molecule has 0 aromatic carbocycles. The van der Waals surface area contributed by atoms with Crippen LogP contribution < -0.4 is 10.6 Å². The van der Waals surface area contributed by atoms with Gasteiger partial charge in [-0.1, -0.05) is 0 Å². The van der Waals surface area contributed by atoms with Gasteiger partial charge in [-0.25, -0.2) is 0 Å². The monoisotopic (exact) mass is 142 g/mol. The first-order valence-corrected chi connectivity index (χ1v) is 3.70. The zero-order valence-corrected chi connectivity index (χ0v) is 6.48. The Morgan fingerprint density at radius 1 is 1.70 bits per heavy atom. The number of rotatable bonds is 1. The van der Waals surface area contributed by atoms with E-state index < -0.39 is 0 Å². The Hall–Kier alpha value is -0.570. The first kappa shape index (κ1) is 7.54. The molecule has 2 unspecified atom stereocenters. The highest BCUT2D eigenvalue weighted by Crippen LogP contribution is 2.14. The van der Waals surface area contributed by atoms with Crippen molar-refractivity contribution in [2.24, 2.45) is 5.92 Å². The maximum Gasteiger partial charge on any atom is 0.224 e. The third-order valence-electron chi connectivity index (χ3n) is 2.11. The summed E-state index contributed by atoms with van der Waals surface area (Å²) in [6, 6.07) is 0.347. The fourth-order valence-corrected chi connectivity index (χ4v) is 1.40. The quantitative estimate of drug-likeness (QED) is 0.529. The smallest absolute Gasteiger partial charge is 0.224 e. The van der Waals surface area contributed by atoms with Gasteiger partial charge in [0.15, 0.2) is 0 Å². The van der Waals surface area contributed by atoms with E-state index in [4.69, 9.17) is 0 Å². The first-order valence-electron chi connectivity index (χ1n) is 3.70. The van der Waals surface area contributed by atoms with Crippen LogP contribution in [0, 0.1) is 5.92 Å². The van der Waals surface area contributed by atoms with Crippen LogP contribution in [0.2, 0.25) is 0 Å². The summed E-state index contributed by atoms with van der Waals surface area (Å²) in [5.41, 5.74) is 0. The van der Waals surface area contributed by atoms with E-state index in [-0.39, 0.29) is 11.8 Å². The summed E-state index contributed by atoms with van der Waals surface area (Å²) in [6.07, 6.45) is 0.973. The maximum absolute atomic E-state index is 11.1. The van der Waals surface area contributed by atoms with Crippen LogP contribution in [0.5, 0.6) is 0 Å². The Morgan fingerprint density at radius 2 is 2.40 bits per heavy atom. The summed E-state index contributed by atoms with van der Waals surface area (Å²) in [4.78, 5) is 11.1. The van der Waals surface area contributed by atoms with Crippen molar-refractivity contribution < 1.29 is 4.79 Å². The molecule has 1 rings (SSSR count). The van der Waals surface area contributed by atoms with E-state index >= 15 is 0 Å². The van der Waals surface area contributed by atoms with Gasteiger partial charge in [0.05, 0.1) is 5.92 Å². The molecule has 3 nitrogen and oxygen atoms in total. The Morgan fingerprint density at radius 3 is 2.80 bits per heavy atom. The molecule has 2 N–H and O–H groups in total. The summed E-state index contributed by atoms with van der Waals surface area (Å²) >= 11 is 0. The number of carbonyl (C=O) groups is 1. The maximum atomic E-state index is 11.1. The van der Waals surface area contributed by atoms with Crippen molar-refractivity contribution in [3.8, 4) is 0 Å². The van der Waals surface area contributed by atoms with Gasteiger partial charge in [-0.2, -0.15) is 0 Å². The van der Waals surface area contributed by atoms with Crippen molar-refractivity contribution in [3.05, 3.63) is 0 Å². The van der Waals surface area contributed by atoms with E-state index in [1.165, 1.54) is 0 Å². The van der Waals surface area contributed by atoms with Crippen molar-refractivity contribution in [1.29, 1.82) is 0 Å². The molecule has 1 amide bonds. The van der Waals surface area contributed by atoms with Gasteiger partial charge < -0.3 is 10.6 Å². The minimum atomic E-state index is 0.164. The highest BCUT2D eigenvalue weighted by molar-refractivity contribution is 5.79. The second kappa shape index (κ2) is 3.01. The lowest BCUT2D eigenvalue weighted by Crippen LogP contribution is -2.34. The molecule has 0 radical (unpaired) electrons. The Labute approximate surface area is 61.2 Å².